The molecule has 0 N–H and O–H groups in total. The highest BCUT2D eigenvalue weighted by Gasteiger charge is 2.24. The molecule has 162 valence electrons. The van der Waals surface area contributed by atoms with Gasteiger partial charge in [-0.15, -0.1) is 0 Å². The number of benzene rings is 3. The molecule has 1 heterocycles. The third-order valence-electron chi connectivity index (χ3n) is 4.54. The Morgan fingerprint density at radius 3 is 2.66 bits per heavy atom. The Hall–Kier alpha value is -2.36. The van der Waals surface area contributed by atoms with Crippen molar-refractivity contribution >= 4 is 68.1 Å². The van der Waals surface area contributed by atoms with Crippen LogP contribution in [-0.4, -0.2) is 19.0 Å². The van der Waals surface area contributed by atoms with Crippen molar-refractivity contribution in [3.05, 3.63) is 96.1 Å². The first-order valence-corrected chi connectivity index (χ1v) is 11.7. The maximum Gasteiger partial charge on any atom is 0.363 e. The van der Waals surface area contributed by atoms with E-state index in [1.165, 1.54) is 0 Å². The van der Waals surface area contributed by atoms with Gasteiger partial charge in [0, 0.05) is 15.1 Å². The second-order valence-corrected chi connectivity index (χ2v) is 9.31. The lowest BCUT2D eigenvalue weighted by molar-refractivity contribution is -0.129. The molecular weight excluding hydrogens is 609 g/mol. The minimum atomic E-state index is -0.502. The number of aliphatic imine (C=N–C) groups is 1. The Kier molecular flexibility index (Phi) is 7.17. The fraction of sp³-hybridized carbons (Fsp3) is 0.0833. The molecular formula is C24H16BrClINO4. The minimum Gasteiger partial charge on any atom is -0.493 e. The van der Waals surface area contributed by atoms with E-state index in [4.69, 9.17) is 25.8 Å². The third-order valence-corrected chi connectivity index (χ3v) is 6.10. The van der Waals surface area contributed by atoms with Crippen molar-refractivity contribution in [3.8, 4) is 11.5 Å². The first kappa shape index (κ1) is 22.8. The van der Waals surface area contributed by atoms with Gasteiger partial charge >= 0.3 is 5.97 Å². The molecule has 1 aliphatic rings. The smallest absolute Gasteiger partial charge is 0.363 e. The van der Waals surface area contributed by atoms with E-state index in [0.29, 0.717) is 23.1 Å². The molecule has 0 amide bonds. The van der Waals surface area contributed by atoms with Crippen molar-refractivity contribution < 1.29 is 19.0 Å². The highest BCUT2D eigenvalue weighted by atomic mass is 127. The Morgan fingerprint density at radius 1 is 1.16 bits per heavy atom. The van der Waals surface area contributed by atoms with Crippen molar-refractivity contribution in [2.45, 2.75) is 6.61 Å². The summed E-state index contributed by atoms with van der Waals surface area (Å²) >= 11 is 11.6. The summed E-state index contributed by atoms with van der Waals surface area (Å²) in [7, 11) is 1.57. The molecule has 0 aliphatic carbocycles. The van der Waals surface area contributed by atoms with Crippen LogP contribution in [0.4, 0.5) is 0 Å². The van der Waals surface area contributed by atoms with Crippen molar-refractivity contribution in [2.24, 2.45) is 4.99 Å². The van der Waals surface area contributed by atoms with Gasteiger partial charge in [-0.05, 0) is 88.3 Å². The average molecular weight is 625 g/mol. The van der Waals surface area contributed by atoms with E-state index in [9.17, 15) is 4.79 Å². The predicted octanol–water partition coefficient (Wildman–Crippen LogP) is 6.64. The second-order valence-electron chi connectivity index (χ2n) is 6.80. The molecule has 0 unspecified atom stereocenters. The Morgan fingerprint density at radius 2 is 1.94 bits per heavy atom. The van der Waals surface area contributed by atoms with Crippen LogP contribution in [0.1, 0.15) is 16.7 Å². The van der Waals surface area contributed by atoms with E-state index < -0.39 is 5.97 Å². The van der Waals surface area contributed by atoms with Crippen LogP contribution in [0, 0.1) is 3.57 Å². The van der Waals surface area contributed by atoms with Crippen LogP contribution in [0.15, 0.2) is 75.8 Å². The zero-order chi connectivity index (χ0) is 22.7. The number of cyclic esters (lactones) is 1. The van der Waals surface area contributed by atoms with Crippen molar-refractivity contribution in [1.29, 1.82) is 0 Å². The average Bonchev–Trinajstić information content (AvgIpc) is 3.13. The SMILES string of the molecule is COc1cc(/C=C2\N=C(c3ccc(Br)cc3)OC2=O)cc(I)c1OCc1cccc(Cl)c1. The van der Waals surface area contributed by atoms with Crippen molar-refractivity contribution in [1.82, 2.24) is 0 Å². The molecule has 8 heteroatoms. The van der Waals surface area contributed by atoms with Gasteiger partial charge in [0.1, 0.15) is 6.61 Å². The Bertz CT molecular complexity index is 1240. The van der Waals surface area contributed by atoms with Gasteiger partial charge in [0.2, 0.25) is 5.90 Å². The number of halogens is 3. The van der Waals surface area contributed by atoms with E-state index in [-0.39, 0.29) is 11.6 Å². The van der Waals surface area contributed by atoms with Gasteiger partial charge in [-0.25, -0.2) is 9.79 Å². The van der Waals surface area contributed by atoms with Crippen LogP contribution in [0.3, 0.4) is 0 Å². The molecule has 5 nitrogen and oxygen atoms in total. The van der Waals surface area contributed by atoms with Gasteiger partial charge in [-0.2, -0.15) is 0 Å². The fourth-order valence-electron chi connectivity index (χ4n) is 3.03. The molecule has 3 aromatic carbocycles. The molecule has 0 saturated heterocycles. The monoisotopic (exact) mass is 623 g/mol. The molecule has 0 fully saturated rings. The number of ether oxygens (including phenoxy) is 3. The number of nitrogens with zero attached hydrogens (tertiary/aromatic N) is 1. The molecule has 0 bridgehead atoms. The summed E-state index contributed by atoms with van der Waals surface area (Å²) in [5.74, 6) is 0.938. The van der Waals surface area contributed by atoms with Crippen LogP contribution in [0.2, 0.25) is 5.02 Å². The van der Waals surface area contributed by atoms with E-state index in [2.05, 4.69) is 43.5 Å². The summed E-state index contributed by atoms with van der Waals surface area (Å²) in [5, 5.41) is 0.654. The zero-order valence-electron chi connectivity index (χ0n) is 16.8. The lowest BCUT2D eigenvalue weighted by Crippen LogP contribution is -2.05. The van der Waals surface area contributed by atoms with Crippen LogP contribution in [0.5, 0.6) is 11.5 Å². The summed E-state index contributed by atoms with van der Waals surface area (Å²) in [6.45, 7) is 0.348. The number of esters is 1. The number of methoxy groups -OCH3 is 1. The predicted molar refractivity (Wildman–Crippen MR) is 136 cm³/mol. The molecule has 0 radical (unpaired) electrons. The summed E-state index contributed by atoms with van der Waals surface area (Å²) in [4.78, 5) is 16.7. The van der Waals surface area contributed by atoms with Crippen LogP contribution < -0.4 is 9.47 Å². The lowest BCUT2D eigenvalue weighted by atomic mass is 10.1. The number of hydrogen-bond acceptors (Lipinski definition) is 5. The van der Waals surface area contributed by atoms with Gasteiger partial charge in [0.25, 0.3) is 0 Å². The second kappa shape index (κ2) is 10.1. The Balaban J connectivity index is 1.59. The first-order chi connectivity index (χ1) is 15.4. The van der Waals surface area contributed by atoms with Gasteiger partial charge in [-0.3, -0.25) is 0 Å². The van der Waals surface area contributed by atoms with Crippen molar-refractivity contribution in [3.63, 3.8) is 0 Å². The largest absolute Gasteiger partial charge is 0.493 e. The molecule has 0 saturated carbocycles. The Labute approximate surface area is 212 Å². The quantitative estimate of drug-likeness (QED) is 0.175. The maximum absolute atomic E-state index is 12.3. The normalized spacial score (nSPS) is 14.3. The highest BCUT2D eigenvalue weighted by molar-refractivity contribution is 14.1. The highest BCUT2D eigenvalue weighted by Crippen LogP contribution is 2.35. The van der Waals surface area contributed by atoms with Crippen LogP contribution >= 0.6 is 50.1 Å². The van der Waals surface area contributed by atoms with Gasteiger partial charge in [0.05, 0.1) is 10.7 Å². The summed E-state index contributed by atoms with van der Waals surface area (Å²) in [6.07, 6.45) is 1.67. The number of rotatable bonds is 6. The maximum atomic E-state index is 12.3. The molecule has 1 aliphatic heterocycles. The number of carbonyl (C=O) groups excluding carboxylic acids is 1. The number of hydrogen-bond donors (Lipinski definition) is 0. The third kappa shape index (κ3) is 5.33. The molecule has 0 atom stereocenters. The van der Waals surface area contributed by atoms with Crippen LogP contribution in [-0.2, 0) is 16.1 Å². The number of carbonyl (C=O) groups is 1. The van der Waals surface area contributed by atoms with E-state index >= 15 is 0 Å². The molecule has 4 rings (SSSR count). The minimum absolute atomic E-state index is 0.216. The summed E-state index contributed by atoms with van der Waals surface area (Å²) in [6, 6.07) is 18.6. The van der Waals surface area contributed by atoms with Gasteiger partial charge in [-0.1, -0.05) is 39.7 Å². The lowest BCUT2D eigenvalue weighted by Gasteiger charge is -2.14. The van der Waals surface area contributed by atoms with E-state index in [1.807, 2.05) is 54.6 Å². The molecule has 3 aromatic rings. The fourth-order valence-corrected chi connectivity index (χ4v) is 4.29. The van der Waals surface area contributed by atoms with Crippen LogP contribution in [0.25, 0.3) is 6.08 Å². The summed E-state index contributed by atoms with van der Waals surface area (Å²) in [5.41, 5.74) is 2.63. The molecule has 0 aromatic heterocycles. The van der Waals surface area contributed by atoms with E-state index in [0.717, 1.165) is 24.7 Å². The van der Waals surface area contributed by atoms with Gasteiger partial charge < -0.3 is 14.2 Å². The first-order valence-electron chi connectivity index (χ1n) is 9.46. The standard InChI is InChI=1S/C24H16BrClINO4/c1-30-21-12-15(10-19(27)22(21)31-13-14-3-2-4-18(26)9-14)11-20-24(29)32-23(28-20)16-5-7-17(25)8-6-16/h2-12H,13H2,1H3/b20-11-. The molecule has 0 spiro atoms. The van der Waals surface area contributed by atoms with Gasteiger partial charge in [0.15, 0.2) is 17.2 Å². The summed E-state index contributed by atoms with van der Waals surface area (Å²) < 4.78 is 18.6. The molecule has 32 heavy (non-hydrogen) atoms. The zero-order valence-corrected chi connectivity index (χ0v) is 21.3. The van der Waals surface area contributed by atoms with E-state index in [1.54, 1.807) is 19.3 Å². The van der Waals surface area contributed by atoms with Crippen molar-refractivity contribution in [2.75, 3.05) is 7.11 Å². The topological polar surface area (TPSA) is 57.1 Å².